The summed E-state index contributed by atoms with van der Waals surface area (Å²) in [6, 6.07) is 13.3. The summed E-state index contributed by atoms with van der Waals surface area (Å²) in [6.45, 7) is 1.57. The van der Waals surface area contributed by atoms with Crippen LogP contribution < -0.4 is 5.32 Å². The van der Waals surface area contributed by atoms with Crippen LogP contribution >= 0.6 is 0 Å². The molecule has 0 bridgehead atoms. The molecule has 1 heterocycles. The van der Waals surface area contributed by atoms with Crippen molar-refractivity contribution >= 4 is 20.0 Å². The van der Waals surface area contributed by atoms with Crippen LogP contribution in [-0.2, 0) is 26.4 Å². The van der Waals surface area contributed by atoms with Gasteiger partial charge in [-0.2, -0.15) is 8.42 Å². The average Bonchev–Trinajstić information content (AvgIpc) is 2.74. The first-order valence-corrected chi connectivity index (χ1v) is 11.9. The van der Waals surface area contributed by atoms with Crippen LogP contribution in [0.3, 0.4) is 0 Å². The molecule has 0 aromatic heterocycles. The second-order valence-electron chi connectivity index (χ2n) is 6.44. The molecule has 0 amide bonds. The van der Waals surface area contributed by atoms with E-state index < -0.39 is 20.0 Å². The number of sulfone groups is 1. The quantitative estimate of drug-likeness (QED) is 0.639. The van der Waals surface area contributed by atoms with E-state index in [1.807, 2.05) is 18.2 Å². The molecule has 0 spiro atoms. The van der Waals surface area contributed by atoms with Crippen LogP contribution in [0.1, 0.15) is 22.6 Å². The Morgan fingerprint density at radius 2 is 1.63 bits per heavy atom. The summed E-state index contributed by atoms with van der Waals surface area (Å²) in [5, 5.41) is 13.5. The molecule has 0 radical (unpaired) electrons. The van der Waals surface area contributed by atoms with Crippen LogP contribution in [0.5, 0.6) is 5.75 Å². The van der Waals surface area contributed by atoms with Crippen LogP contribution in [0.2, 0.25) is 0 Å². The fraction of sp³-hybridized carbons (Fsp3) is 0.333. The van der Waals surface area contributed by atoms with Gasteiger partial charge >= 0.3 is 0 Å². The molecule has 2 aromatic rings. The van der Waals surface area contributed by atoms with Crippen LogP contribution in [0, 0.1) is 0 Å². The minimum Gasteiger partial charge on any atom is -0.507 e. The number of hydrogen-bond donors (Lipinski definition) is 3. The second-order valence-corrected chi connectivity index (χ2v) is 9.89. The van der Waals surface area contributed by atoms with E-state index in [-0.39, 0.29) is 16.6 Å². The molecule has 1 unspecified atom stereocenters. The molecule has 3 N–H and O–H groups in total. The first-order valence-electron chi connectivity index (χ1n) is 8.21. The number of nitrogens with one attached hydrogen (secondary N) is 1. The van der Waals surface area contributed by atoms with E-state index in [0.717, 1.165) is 42.5 Å². The van der Waals surface area contributed by atoms with E-state index in [2.05, 4.69) is 17.4 Å². The van der Waals surface area contributed by atoms with Crippen molar-refractivity contribution in [3.8, 4) is 5.75 Å². The van der Waals surface area contributed by atoms with Crippen molar-refractivity contribution in [3.05, 3.63) is 59.2 Å². The predicted molar refractivity (Wildman–Crippen MR) is 104 cm³/mol. The number of aromatic hydroxyl groups is 1. The van der Waals surface area contributed by atoms with Crippen molar-refractivity contribution < 1.29 is 26.5 Å². The maximum absolute atomic E-state index is 11.8. The number of phenols is 1. The largest absolute Gasteiger partial charge is 0.507 e. The zero-order valence-electron chi connectivity index (χ0n) is 15.1. The number of fused-ring (bicyclic) bond motifs is 1. The van der Waals surface area contributed by atoms with Gasteiger partial charge in [-0.05, 0) is 41.8 Å². The zero-order chi connectivity index (χ0) is 20.2. The molecule has 2 aromatic carbocycles. The van der Waals surface area contributed by atoms with Gasteiger partial charge in [-0.15, -0.1) is 0 Å². The normalized spacial score (nSPS) is 17.2. The number of phenolic OH excluding ortho intramolecular Hbond substituents is 1. The van der Waals surface area contributed by atoms with Crippen molar-refractivity contribution in [1.82, 2.24) is 5.32 Å². The topological polar surface area (TPSA) is 121 Å². The molecule has 1 aliphatic rings. The van der Waals surface area contributed by atoms with E-state index in [9.17, 15) is 21.9 Å². The van der Waals surface area contributed by atoms with Crippen molar-refractivity contribution in [2.45, 2.75) is 17.2 Å². The minimum atomic E-state index is -3.67. The summed E-state index contributed by atoms with van der Waals surface area (Å²) in [5.41, 5.74) is 3.14. The summed E-state index contributed by atoms with van der Waals surface area (Å²) in [5.74, 6) is -0.0534. The highest BCUT2D eigenvalue weighted by Gasteiger charge is 2.24. The lowest BCUT2D eigenvalue weighted by atomic mass is 9.88. The molecule has 0 saturated heterocycles. The molecule has 27 heavy (non-hydrogen) atoms. The Bertz CT molecular complexity index is 994. The Kier molecular flexibility index (Phi) is 6.63. The van der Waals surface area contributed by atoms with Gasteiger partial charge in [-0.1, -0.05) is 30.3 Å². The molecule has 1 atom stereocenters. The summed E-state index contributed by atoms with van der Waals surface area (Å²) in [6.07, 6.45) is 2.59. The lowest BCUT2D eigenvalue weighted by Gasteiger charge is -2.19. The number of benzene rings is 2. The van der Waals surface area contributed by atoms with Gasteiger partial charge in [0.1, 0.15) is 10.6 Å². The molecule has 148 valence electrons. The van der Waals surface area contributed by atoms with Gasteiger partial charge in [0.2, 0.25) is 0 Å². The van der Waals surface area contributed by atoms with Gasteiger partial charge in [0.25, 0.3) is 10.1 Å². The van der Waals surface area contributed by atoms with Gasteiger partial charge < -0.3 is 10.4 Å². The Morgan fingerprint density at radius 1 is 1.04 bits per heavy atom. The maximum atomic E-state index is 11.8. The summed E-state index contributed by atoms with van der Waals surface area (Å²) < 4.78 is 49.5. The lowest BCUT2D eigenvalue weighted by Crippen LogP contribution is -2.20. The van der Waals surface area contributed by atoms with Crippen molar-refractivity contribution in [1.29, 1.82) is 0 Å². The zero-order valence-corrected chi connectivity index (χ0v) is 16.7. The maximum Gasteiger partial charge on any atom is 0.261 e. The highest BCUT2D eigenvalue weighted by atomic mass is 32.2. The summed E-state index contributed by atoms with van der Waals surface area (Å²) in [4.78, 5) is 0.0139. The molecule has 0 fully saturated rings. The standard InChI is InChI=1S/C17H19NO3S.CH4O3S/c1-22(20,21)17-9-13-7-8-18-11-15(14(13)10-16(17)19)12-5-3-2-4-6-12;1-5(2,3)4/h2-6,9-10,15,18-19H,7-8,11H2,1H3;1H3,(H,2,3,4). The van der Waals surface area contributed by atoms with E-state index in [1.54, 1.807) is 12.1 Å². The number of rotatable bonds is 2. The fourth-order valence-electron chi connectivity index (χ4n) is 3.03. The highest BCUT2D eigenvalue weighted by molar-refractivity contribution is 7.90. The third-order valence-corrected chi connectivity index (χ3v) is 5.24. The molecular formula is C18H23NO6S2. The molecule has 3 rings (SSSR count). The minimum absolute atomic E-state index is 0.0139. The van der Waals surface area contributed by atoms with Crippen molar-refractivity contribution in [3.63, 3.8) is 0 Å². The summed E-state index contributed by atoms with van der Waals surface area (Å²) >= 11 is 0. The molecule has 0 saturated carbocycles. The molecule has 9 heteroatoms. The van der Waals surface area contributed by atoms with E-state index in [4.69, 9.17) is 4.55 Å². The van der Waals surface area contributed by atoms with Crippen LogP contribution in [0.15, 0.2) is 47.4 Å². The number of hydrogen-bond acceptors (Lipinski definition) is 6. The SMILES string of the molecule is CS(=O)(=O)O.CS(=O)(=O)c1cc2c(cc1O)C(c1ccccc1)CNCC2. The third kappa shape index (κ3) is 6.31. The fourth-order valence-corrected chi connectivity index (χ4v) is 3.82. The highest BCUT2D eigenvalue weighted by Crippen LogP contribution is 2.35. The lowest BCUT2D eigenvalue weighted by molar-refractivity contribution is 0.457. The molecule has 0 aliphatic carbocycles. The van der Waals surface area contributed by atoms with Crippen LogP contribution in [0.4, 0.5) is 0 Å². The van der Waals surface area contributed by atoms with Crippen molar-refractivity contribution in [2.75, 3.05) is 25.6 Å². The van der Waals surface area contributed by atoms with Gasteiger partial charge in [0, 0.05) is 18.7 Å². The third-order valence-electron chi connectivity index (χ3n) is 4.12. The van der Waals surface area contributed by atoms with E-state index in [0.29, 0.717) is 6.26 Å². The Hall–Kier alpha value is -1.94. The molecular weight excluding hydrogens is 390 g/mol. The molecule has 1 aliphatic heterocycles. The smallest absolute Gasteiger partial charge is 0.261 e. The van der Waals surface area contributed by atoms with Gasteiger partial charge in [-0.25, -0.2) is 8.42 Å². The van der Waals surface area contributed by atoms with Gasteiger partial charge in [0.05, 0.1) is 6.26 Å². The first-order chi connectivity index (χ1) is 12.5. The van der Waals surface area contributed by atoms with Crippen LogP contribution in [-0.4, -0.2) is 52.1 Å². The Balaban J connectivity index is 0.000000465. The van der Waals surface area contributed by atoms with Gasteiger partial charge in [-0.3, -0.25) is 4.55 Å². The van der Waals surface area contributed by atoms with E-state index in [1.165, 1.54) is 0 Å². The van der Waals surface area contributed by atoms with Crippen molar-refractivity contribution in [2.24, 2.45) is 0 Å². The summed E-state index contributed by atoms with van der Waals surface area (Å²) in [7, 11) is -7.10. The predicted octanol–water partition coefficient (Wildman–Crippen LogP) is 1.58. The molecule has 7 nitrogen and oxygen atoms in total. The second kappa shape index (κ2) is 8.39. The first kappa shape index (κ1) is 21.4. The Morgan fingerprint density at radius 3 is 2.19 bits per heavy atom. The monoisotopic (exact) mass is 413 g/mol. The van der Waals surface area contributed by atoms with Crippen LogP contribution in [0.25, 0.3) is 0 Å². The average molecular weight is 414 g/mol. The van der Waals surface area contributed by atoms with Gasteiger partial charge in [0.15, 0.2) is 9.84 Å². The van der Waals surface area contributed by atoms with E-state index >= 15 is 0 Å². The Labute approximate surface area is 159 Å².